The lowest BCUT2D eigenvalue weighted by Gasteiger charge is -2.24. The van der Waals surface area contributed by atoms with Crippen LogP contribution in [0, 0.1) is 0 Å². The number of aromatic hydroxyl groups is 1. The van der Waals surface area contributed by atoms with Gasteiger partial charge in [0.15, 0.2) is 16.3 Å². The number of hydrogen-bond donors (Lipinski definition) is 1. The lowest BCUT2D eigenvalue weighted by atomic mass is 9.96. The summed E-state index contributed by atoms with van der Waals surface area (Å²) in [5.74, 6) is -0.153. The van der Waals surface area contributed by atoms with Crippen molar-refractivity contribution in [3.8, 4) is 11.5 Å². The lowest BCUT2D eigenvalue weighted by Crippen LogP contribution is -2.39. The van der Waals surface area contributed by atoms with E-state index < -0.39 is 12.0 Å². The number of rotatable bonds is 6. The molecule has 0 radical (unpaired) electrons. The predicted octanol–water partition coefficient (Wildman–Crippen LogP) is 3.56. The molecule has 0 saturated carbocycles. The number of esters is 1. The summed E-state index contributed by atoms with van der Waals surface area (Å²) in [4.78, 5) is 31.5. The van der Waals surface area contributed by atoms with Crippen LogP contribution in [0.1, 0.15) is 37.9 Å². The van der Waals surface area contributed by atoms with Crippen LogP contribution < -0.4 is 19.6 Å². The summed E-state index contributed by atoms with van der Waals surface area (Å²) in [6.45, 7) is 5.89. The van der Waals surface area contributed by atoms with Gasteiger partial charge in [0.05, 0.1) is 35.1 Å². The largest absolute Gasteiger partial charge is 0.504 e. The van der Waals surface area contributed by atoms with E-state index in [9.17, 15) is 14.7 Å². The Morgan fingerprint density at radius 1 is 1.21 bits per heavy atom. The fourth-order valence-electron chi connectivity index (χ4n) is 3.79. The molecule has 2 aromatic carbocycles. The average molecular weight is 499 g/mol. The van der Waals surface area contributed by atoms with Crippen LogP contribution in [-0.4, -0.2) is 28.9 Å². The van der Waals surface area contributed by atoms with Gasteiger partial charge in [-0.1, -0.05) is 41.1 Å². The highest BCUT2D eigenvalue weighted by atomic mass is 35.5. The van der Waals surface area contributed by atoms with Gasteiger partial charge < -0.3 is 14.6 Å². The van der Waals surface area contributed by atoms with Crippen molar-refractivity contribution in [2.24, 2.45) is 4.99 Å². The van der Waals surface area contributed by atoms with Gasteiger partial charge >= 0.3 is 5.97 Å². The molecule has 9 heteroatoms. The smallest absolute Gasteiger partial charge is 0.338 e. The van der Waals surface area contributed by atoms with Crippen molar-refractivity contribution in [1.82, 2.24) is 4.57 Å². The lowest BCUT2D eigenvalue weighted by molar-refractivity contribution is -0.139. The van der Waals surface area contributed by atoms with Crippen LogP contribution in [0.25, 0.3) is 6.08 Å². The zero-order chi connectivity index (χ0) is 24.4. The number of halogens is 1. The van der Waals surface area contributed by atoms with Gasteiger partial charge in [-0.15, -0.1) is 0 Å². The van der Waals surface area contributed by atoms with Crippen LogP contribution in [0.3, 0.4) is 0 Å². The van der Waals surface area contributed by atoms with E-state index in [1.165, 1.54) is 22.0 Å². The molecule has 1 atom stereocenters. The van der Waals surface area contributed by atoms with E-state index in [-0.39, 0.29) is 17.9 Å². The van der Waals surface area contributed by atoms with Crippen LogP contribution >= 0.6 is 22.9 Å². The summed E-state index contributed by atoms with van der Waals surface area (Å²) in [5, 5.41) is 10.5. The Hall–Kier alpha value is -3.36. The molecule has 0 spiro atoms. The zero-order valence-corrected chi connectivity index (χ0v) is 20.4. The number of nitrogens with zero attached hydrogens (tertiary/aromatic N) is 2. The first-order valence-corrected chi connectivity index (χ1v) is 11.9. The third-order valence-electron chi connectivity index (χ3n) is 5.28. The van der Waals surface area contributed by atoms with Gasteiger partial charge in [0, 0.05) is 5.02 Å². The molecule has 1 unspecified atom stereocenters. The van der Waals surface area contributed by atoms with E-state index in [1.54, 1.807) is 56.3 Å². The van der Waals surface area contributed by atoms with Crippen molar-refractivity contribution in [2.75, 3.05) is 13.2 Å². The molecule has 0 bridgehead atoms. The van der Waals surface area contributed by atoms with E-state index in [0.717, 1.165) is 5.56 Å². The first-order chi connectivity index (χ1) is 16.3. The normalized spacial score (nSPS) is 15.6. The van der Waals surface area contributed by atoms with Crippen molar-refractivity contribution in [2.45, 2.75) is 26.8 Å². The van der Waals surface area contributed by atoms with Gasteiger partial charge in [0.1, 0.15) is 0 Å². The summed E-state index contributed by atoms with van der Waals surface area (Å²) in [5.41, 5.74) is 1.93. The Bertz CT molecular complexity index is 1450. The Balaban J connectivity index is 1.91. The molecule has 176 valence electrons. The summed E-state index contributed by atoms with van der Waals surface area (Å²) in [6.07, 6.45) is 1.72. The Labute approximate surface area is 204 Å². The molecule has 1 aromatic heterocycles. The molecule has 1 N–H and O–H groups in total. The fourth-order valence-corrected chi connectivity index (χ4v) is 4.97. The molecule has 34 heavy (non-hydrogen) atoms. The van der Waals surface area contributed by atoms with E-state index in [4.69, 9.17) is 21.1 Å². The molecule has 1 aliphatic heterocycles. The minimum absolute atomic E-state index is 0.0258. The second kappa shape index (κ2) is 9.87. The predicted molar refractivity (Wildman–Crippen MR) is 131 cm³/mol. The number of ether oxygens (including phenoxy) is 2. The number of hydrogen-bond acceptors (Lipinski definition) is 7. The number of phenolic OH excluding ortho intramolecular Hbond substituents is 1. The van der Waals surface area contributed by atoms with E-state index in [2.05, 4.69) is 4.99 Å². The van der Waals surface area contributed by atoms with Crippen LogP contribution in [0.2, 0.25) is 5.02 Å². The van der Waals surface area contributed by atoms with Crippen LogP contribution in [0.4, 0.5) is 0 Å². The number of benzene rings is 2. The van der Waals surface area contributed by atoms with E-state index in [1.807, 2.05) is 6.92 Å². The molecule has 0 aliphatic carbocycles. The second-order valence-electron chi connectivity index (χ2n) is 7.51. The number of allylic oxidation sites excluding steroid dienone is 1. The first kappa shape index (κ1) is 23.8. The average Bonchev–Trinajstić information content (AvgIpc) is 3.10. The van der Waals surface area contributed by atoms with Crippen molar-refractivity contribution in [1.29, 1.82) is 0 Å². The van der Waals surface area contributed by atoms with Gasteiger partial charge in [0.25, 0.3) is 5.56 Å². The first-order valence-electron chi connectivity index (χ1n) is 10.7. The number of carbonyl (C=O) groups is 1. The summed E-state index contributed by atoms with van der Waals surface area (Å²) in [6, 6.07) is 11.2. The van der Waals surface area contributed by atoms with Gasteiger partial charge in [-0.2, -0.15) is 0 Å². The number of fused-ring (bicyclic) bond motifs is 1. The van der Waals surface area contributed by atoms with Gasteiger partial charge in [-0.3, -0.25) is 9.36 Å². The minimum atomic E-state index is -0.700. The Morgan fingerprint density at radius 2 is 1.94 bits per heavy atom. The van der Waals surface area contributed by atoms with Crippen molar-refractivity contribution in [3.63, 3.8) is 0 Å². The van der Waals surface area contributed by atoms with Crippen molar-refractivity contribution in [3.05, 3.63) is 89.6 Å². The zero-order valence-electron chi connectivity index (χ0n) is 18.9. The number of carbonyl (C=O) groups excluding carboxylic acids is 1. The molecule has 7 nitrogen and oxygen atoms in total. The standard InChI is InChI=1S/C25H23ClN2O5S/c1-4-32-19-12-15(6-11-18(19)29)13-20-23(30)28-22(16-7-9-17(26)10-8-16)21(24(31)33-5-2)14(3)27-25(28)34-20/h6-13,22,29H,4-5H2,1-3H3/b20-13-. The van der Waals surface area contributed by atoms with Gasteiger partial charge in [0.2, 0.25) is 0 Å². The van der Waals surface area contributed by atoms with Crippen molar-refractivity contribution < 1.29 is 19.4 Å². The molecule has 2 heterocycles. The SMILES string of the molecule is CCOC(=O)C1=C(C)N=c2s/c(=C\c3ccc(O)c(OCC)c3)c(=O)n2C1c1ccc(Cl)cc1. The molecule has 0 saturated heterocycles. The summed E-state index contributed by atoms with van der Waals surface area (Å²) >= 11 is 7.30. The van der Waals surface area contributed by atoms with E-state index in [0.29, 0.717) is 43.5 Å². The molecule has 3 aromatic rings. The third kappa shape index (κ3) is 4.51. The van der Waals surface area contributed by atoms with Crippen LogP contribution in [0.5, 0.6) is 11.5 Å². The molecular weight excluding hydrogens is 476 g/mol. The van der Waals surface area contributed by atoms with Crippen LogP contribution in [-0.2, 0) is 9.53 Å². The highest BCUT2D eigenvalue weighted by Gasteiger charge is 2.33. The third-order valence-corrected chi connectivity index (χ3v) is 6.52. The quantitative estimate of drug-likeness (QED) is 0.525. The van der Waals surface area contributed by atoms with Crippen molar-refractivity contribution >= 4 is 35.0 Å². The highest BCUT2D eigenvalue weighted by Crippen LogP contribution is 2.31. The molecule has 0 fully saturated rings. The second-order valence-corrected chi connectivity index (χ2v) is 8.96. The monoisotopic (exact) mass is 498 g/mol. The maximum Gasteiger partial charge on any atom is 0.338 e. The number of phenols is 1. The molecule has 4 rings (SSSR count). The number of thiazole rings is 1. The summed E-state index contributed by atoms with van der Waals surface area (Å²) in [7, 11) is 0. The fraction of sp³-hybridized carbons (Fsp3) is 0.240. The molecular formula is C25H23ClN2O5S. The molecule has 0 amide bonds. The topological polar surface area (TPSA) is 90.1 Å². The van der Waals surface area contributed by atoms with Gasteiger partial charge in [-0.25, -0.2) is 9.79 Å². The summed E-state index contributed by atoms with van der Waals surface area (Å²) < 4.78 is 12.7. The van der Waals surface area contributed by atoms with E-state index >= 15 is 0 Å². The minimum Gasteiger partial charge on any atom is -0.504 e. The maximum absolute atomic E-state index is 13.6. The molecule has 1 aliphatic rings. The maximum atomic E-state index is 13.6. The Kier molecular flexibility index (Phi) is 6.90. The number of aromatic nitrogens is 1. The highest BCUT2D eigenvalue weighted by molar-refractivity contribution is 7.07. The Morgan fingerprint density at radius 3 is 2.62 bits per heavy atom. The van der Waals surface area contributed by atoms with Gasteiger partial charge in [-0.05, 0) is 62.2 Å². The van der Waals surface area contributed by atoms with Crippen LogP contribution in [0.15, 0.2) is 63.5 Å².